The number of anilines is 5. The van der Waals surface area contributed by atoms with Gasteiger partial charge in [-0.1, -0.05) is 6.07 Å². The molecule has 82 heavy (non-hydrogen) atoms. The van der Waals surface area contributed by atoms with Crippen molar-refractivity contribution in [2.75, 3.05) is 165 Å². The van der Waals surface area contributed by atoms with Crippen LogP contribution in [0.1, 0.15) is 67.0 Å². The van der Waals surface area contributed by atoms with Crippen molar-refractivity contribution in [1.82, 2.24) is 54.9 Å². The summed E-state index contributed by atoms with van der Waals surface area (Å²) >= 11 is 0. The molecule has 24 heteroatoms. The van der Waals surface area contributed by atoms with Gasteiger partial charge in [-0.15, -0.1) is 0 Å². The number of aryl methyl sites for hydroxylation is 2. The number of ether oxygens (including phenoxy) is 4. The molecule has 3 fully saturated rings. The van der Waals surface area contributed by atoms with Gasteiger partial charge in [-0.05, 0) is 80.0 Å². The molecule has 2 aromatic carbocycles. The van der Waals surface area contributed by atoms with Crippen molar-refractivity contribution in [2.24, 2.45) is 7.05 Å². The molecule has 10 rings (SSSR count). The maximum Gasteiger partial charge on any atom is 0.317 e. The number of nitrogens with zero attached hydrogens (tertiary/aromatic N) is 12. The number of aromatic nitrogens is 6. The Morgan fingerprint density at radius 3 is 2.29 bits per heavy atom. The van der Waals surface area contributed by atoms with E-state index in [1.165, 1.54) is 6.07 Å². The van der Waals surface area contributed by atoms with E-state index < -0.39 is 6.43 Å². The molecule has 1 atom stereocenters. The van der Waals surface area contributed by atoms with E-state index in [-0.39, 0.29) is 41.9 Å². The number of benzene rings is 2. The monoisotopic (exact) mass is 1140 g/mol. The zero-order valence-electron chi connectivity index (χ0n) is 47.5. The zero-order valence-corrected chi connectivity index (χ0v) is 47.5. The molecule has 0 spiro atoms. The minimum atomic E-state index is -2.69. The zero-order chi connectivity index (χ0) is 56.8. The number of piperidine rings is 2. The standard InChI is InChI=1S/C58H80F3N15O6/c1-62-58(78)74-18-12-51-50(39-74)57(75-15-4-6-42-32-48(43-36-66-69(2)37-43)49(56(60)61)34-52(42)75)68-76(51)46-10-16-71(17-11-46)40-55(77)63-13-24-79-26-28-81-30-31-82-29-27-80-25-23-70-19-21-72(22-20-70)54-35-53(64-41-65-54)67-45-8-5-14-73(38-45)47-9-3-7-44(59)33-47/h3,7,9,32-37,41,45-46,56H,4-6,8,10-31,38-40H2,1-2H3,(H,62,78)(H,63,77)(H,64,65,67)/t45-/m1/s1. The van der Waals surface area contributed by atoms with Gasteiger partial charge in [-0.3, -0.25) is 24.0 Å². The van der Waals surface area contributed by atoms with Crippen LogP contribution in [-0.4, -0.2) is 207 Å². The van der Waals surface area contributed by atoms with Crippen LogP contribution in [0.5, 0.6) is 0 Å². The van der Waals surface area contributed by atoms with Gasteiger partial charge in [0.15, 0.2) is 5.82 Å². The van der Waals surface area contributed by atoms with Crippen LogP contribution in [0, 0.1) is 5.82 Å². The molecule has 3 amide bonds. The summed E-state index contributed by atoms with van der Waals surface area (Å²) in [7, 11) is 3.40. The Morgan fingerprint density at radius 1 is 0.793 bits per heavy atom. The molecule has 5 aromatic rings. The molecule has 0 radical (unpaired) electrons. The van der Waals surface area contributed by atoms with E-state index in [1.807, 2.05) is 18.2 Å². The van der Waals surface area contributed by atoms with Gasteiger partial charge in [0.05, 0.1) is 78.2 Å². The van der Waals surface area contributed by atoms with Crippen molar-refractivity contribution in [3.05, 3.63) is 89.4 Å². The SMILES string of the molecule is CNC(=O)N1CCc2c(c(N3CCCc4cc(-c5cnn(C)c5)c(C(F)F)cc43)nn2C2CCN(CC(=O)NCCOCCOCCOCCOCCN3CCN(c4cc(N[C@@H]5CCCN(c6cccc(F)c6)C5)ncn4)CC3)CC2)C1. The minimum Gasteiger partial charge on any atom is -0.378 e. The maximum atomic E-state index is 14.8. The Hall–Kier alpha value is -6.57. The van der Waals surface area contributed by atoms with Crippen molar-refractivity contribution >= 4 is 40.8 Å². The Morgan fingerprint density at radius 2 is 1.56 bits per heavy atom. The number of hydrogen-bond acceptors (Lipinski definition) is 16. The Bertz CT molecular complexity index is 2880. The average Bonchev–Trinajstić information content (AvgIpc) is 3.07. The second kappa shape index (κ2) is 28.6. The van der Waals surface area contributed by atoms with Crippen LogP contribution in [0.2, 0.25) is 0 Å². The normalized spacial score (nSPS) is 18.2. The summed E-state index contributed by atoms with van der Waals surface area (Å²) < 4.78 is 70.0. The van der Waals surface area contributed by atoms with Crippen molar-refractivity contribution in [2.45, 2.75) is 70.0 Å². The van der Waals surface area contributed by atoms with Gasteiger partial charge in [0.2, 0.25) is 5.91 Å². The smallest absolute Gasteiger partial charge is 0.317 e. The predicted molar refractivity (Wildman–Crippen MR) is 307 cm³/mol. The van der Waals surface area contributed by atoms with Gasteiger partial charge in [0.25, 0.3) is 6.43 Å². The number of fused-ring (bicyclic) bond motifs is 2. The molecule has 0 bridgehead atoms. The average molecular weight is 1140 g/mol. The first-order valence-electron chi connectivity index (χ1n) is 29.2. The minimum absolute atomic E-state index is 0.0442. The number of hydrogen-bond donors (Lipinski definition) is 3. The summed E-state index contributed by atoms with van der Waals surface area (Å²) in [5.41, 5.74) is 5.74. The van der Waals surface area contributed by atoms with Crippen LogP contribution in [-0.2, 0) is 50.2 Å². The van der Waals surface area contributed by atoms with Gasteiger partial charge in [-0.25, -0.2) is 27.9 Å². The summed E-state index contributed by atoms with van der Waals surface area (Å²) in [6, 6.07) is 12.5. The maximum absolute atomic E-state index is 14.8. The van der Waals surface area contributed by atoms with E-state index in [0.29, 0.717) is 115 Å². The lowest BCUT2D eigenvalue weighted by Gasteiger charge is -2.36. The number of carbonyl (C=O) groups is 2. The quantitative estimate of drug-likeness (QED) is 0.0608. The molecule has 444 valence electrons. The molecular formula is C58H80F3N15O6. The van der Waals surface area contributed by atoms with Crippen LogP contribution in [0.4, 0.5) is 46.8 Å². The Balaban J connectivity index is 0.565. The van der Waals surface area contributed by atoms with E-state index in [4.69, 9.17) is 24.0 Å². The summed E-state index contributed by atoms with van der Waals surface area (Å²) in [4.78, 5) is 47.9. The van der Waals surface area contributed by atoms with E-state index in [9.17, 15) is 22.8 Å². The molecule has 3 aromatic heterocycles. The van der Waals surface area contributed by atoms with E-state index in [2.05, 4.69) is 60.2 Å². The fraction of sp³-hybridized carbons (Fsp3) is 0.586. The van der Waals surface area contributed by atoms with Crippen molar-refractivity contribution in [3.63, 3.8) is 0 Å². The lowest BCUT2D eigenvalue weighted by Crippen LogP contribution is -2.47. The number of likely N-dealkylation sites (tertiary alicyclic amines) is 1. The number of nitrogens with one attached hydrogen (secondary N) is 3. The fourth-order valence-electron chi connectivity index (χ4n) is 11.9. The molecule has 0 saturated carbocycles. The molecule has 21 nitrogen and oxygen atoms in total. The Kier molecular flexibility index (Phi) is 20.5. The molecule has 8 heterocycles. The summed E-state index contributed by atoms with van der Waals surface area (Å²) in [5.74, 6) is 2.18. The highest BCUT2D eigenvalue weighted by atomic mass is 19.3. The van der Waals surface area contributed by atoms with Crippen molar-refractivity contribution in [3.8, 4) is 11.1 Å². The highest BCUT2D eigenvalue weighted by molar-refractivity contribution is 5.79. The third-order valence-corrected chi connectivity index (χ3v) is 16.2. The second-order valence-electron chi connectivity index (χ2n) is 21.8. The van der Waals surface area contributed by atoms with Gasteiger partial charge in [-0.2, -0.15) is 10.2 Å². The van der Waals surface area contributed by atoms with Crippen molar-refractivity contribution < 1.29 is 41.7 Å². The van der Waals surface area contributed by atoms with E-state index >= 15 is 0 Å². The molecule has 3 saturated heterocycles. The predicted octanol–water partition coefficient (Wildman–Crippen LogP) is 5.65. The number of alkyl halides is 2. The van der Waals surface area contributed by atoms with Gasteiger partial charge >= 0.3 is 6.03 Å². The lowest BCUT2D eigenvalue weighted by molar-refractivity contribution is -0.122. The third kappa shape index (κ3) is 15.2. The van der Waals surface area contributed by atoms with Crippen LogP contribution in [0.3, 0.4) is 0 Å². The highest BCUT2D eigenvalue weighted by Crippen LogP contribution is 2.44. The third-order valence-electron chi connectivity index (χ3n) is 16.2. The van der Waals surface area contributed by atoms with E-state index in [1.54, 1.807) is 60.6 Å². The number of halogens is 3. The highest BCUT2D eigenvalue weighted by Gasteiger charge is 2.36. The van der Waals surface area contributed by atoms with Crippen LogP contribution >= 0.6 is 0 Å². The first-order chi connectivity index (χ1) is 40.1. The van der Waals surface area contributed by atoms with Crippen LogP contribution < -0.4 is 30.7 Å². The van der Waals surface area contributed by atoms with Crippen LogP contribution in [0.25, 0.3) is 11.1 Å². The first kappa shape index (κ1) is 58.6. The van der Waals surface area contributed by atoms with Gasteiger partial charge in [0, 0.05) is 151 Å². The first-order valence-corrected chi connectivity index (χ1v) is 29.2. The Labute approximate surface area is 478 Å². The molecule has 5 aliphatic rings. The number of carbonyl (C=O) groups excluding carboxylic acids is 2. The molecule has 0 unspecified atom stereocenters. The lowest BCUT2D eigenvalue weighted by atomic mass is 9.92. The van der Waals surface area contributed by atoms with Gasteiger partial charge < -0.3 is 54.5 Å². The summed E-state index contributed by atoms with van der Waals surface area (Å²) in [6.07, 6.45) is 8.16. The van der Waals surface area contributed by atoms with Crippen LogP contribution in [0.15, 0.2) is 61.2 Å². The number of rotatable bonds is 25. The number of amides is 3. The second-order valence-corrected chi connectivity index (χ2v) is 21.8. The molecular weight excluding hydrogens is 1060 g/mol. The van der Waals surface area contributed by atoms with E-state index in [0.717, 1.165) is 124 Å². The molecule has 0 aliphatic carbocycles. The number of urea groups is 1. The fourth-order valence-corrected chi connectivity index (χ4v) is 11.9. The summed E-state index contributed by atoms with van der Waals surface area (Å²) in [5, 5.41) is 18.9. The number of piperazine rings is 1. The largest absolute Gasteiger partial charge is 0.378 e. The molecule has 5 aliphatic heterocycles. The summed E-state index contributed by atoms with van der Waals surface area (Å²) in [6.45, 7) is 13.6. The topological polar surface area (TPSA) is 188 Å². The van der Waals surface area contributed by atoms with Crippen molar-refractivity contribution in [1.29, 1.82) is 0 Å². The molecule has 3 N–H and O–H groups in total. The van der Waals surface area contributed by atoms with Gasteiger partial charge in [0.1, 0.15) is 23.8 Å².